The number of ketones is 1. The van der Waals surface area contributed by atoms with Crippen LogP contribution >= 0.6 is 0 Å². The highest BCUT2D eigenvalue weighted by Crippen LogP contribution is 2.65. The second-order valence-electron chi connectivity index (χ2n) is 20.8. The number of amides is 1. The predicted molar refractivity (Wildman–Crippen MR) is 261 cm³/mol. The Bertz CT molecular complexity index is 2750. The standard InChI is InChI=1S/C55H63NO21/c1-27-33(73-50(68)41(62)39(30-16-10-7-11-17-30)56-48(66)31-18-12-8-13-19-31)23-55(69)47(76-49(67)32-20-14-9-15-21-32)45-53(6,46(65)44(72-28(2)58)38(27)52(55,4)5)35(22-36-54(45,26-71-36)77-29(3)59)75-37(60)25-70-51-43(64)42(63)40(61)34(24-57)74-51/h7-21,33-36,39-45,47,51,57,61-64,69H,22-26H2,1-6H3,(H,56,66)/t33-,34+,35-,36+,39-,40-,41+,42-,43+,44+,45-,47-,51?,53+,54-,55+/m0/s1. The summed E-state index contributed by atoms with van der Waals surface area (Å²) in [6.07, 6.45) is -20.6. The van der Waals surface area contributed by atoms with E-state index in [0.717, 1.165) is 13.8 Å². The van der Waals surface area contributed by atoms with Gasteiger partial charge in [-0.2, -0.15) is 0 Å². The molecule has 1 unspecified atom stereocenters. The van der Waals surface area contributed by atoms with Crippen molar-refractivity contribution in [3.8, 4) is 0 Å². The van der Waals surface area contributed by atoms with Crippen molar-refractivity contribution in [2.24, 2.45) is 16.7 Å². The van der Waals surface area contributed by atoms with Crippen molar-refractivity contribution in [1.29, 1.82) is 0 Å². The van der Waals surface area contributed by atoms with E-state index >= 15 is 4.79 Å². The van der Waals surface area contributed by atoms with Crippen molar-refractivity contribution in [3.63, 3.8) is 0 Å². The number of carbonyl (C=O) groups is 7. The number of fused-ring (bicyclic) bond motifs is 5. The minimum Gasteiger partial charge on any atom is -0.459 e. The Hall–Kier alpha value is -6.47. The molecular weight excluding hydrogens is 1010 g/mol. The smallest absolute Gasteiger partial charge is 0.338 e. The summed E-state index contributed by atoms with van der Waals surface area (Å²) in [5, 5.41) is 69.7. The van der Waals surface area contributed by atoms with Crippen LogP contribution in [0.4, 0.5) is 0 Å². The number of nitrogens with one attached hydrogen (secondary N) is 1. The van der Waals surface area contributed by atoms with Crippen molar-refractivity contribution < 1.29 is 102 Å². The zero-order valence-electron chi connectivity index (χ0n) is 43.0. The third kappa shape index (κ3) is 10.3. The highest BCUT2D eigenvalue weighted by Gasteiger charge is 2.79. The van der Waals surface area contributed by atoms with Crippen LogP contribution in [0.3, 0.4) is 0 Å². The van der Waals surface area contributed by atoms with Crippen LogP contribution in [0.5, 0.6) is 0 Å². The van der Waals surface area contributed by atoms with Crippen molar-refractivity contribution in [2.75, 3.05) is 19.8 Å². The minimum atomic E-state index is -2.58. The first-order valence-electron chi connectivity index (χ1n) is 25.0. The van der Waals surface area contributed by atoms with E-state index in [1.807, 2.05) is 0 Å². The fourth-order valence-corrected chi connectivity index (χ4v) is 11.9. The van der Waals surface area contributed by atoms with E-state index in [0.29, 0.717) is 5.56 Å². The van der Waals surface area contributed by atoms with Gasteiger partial charge in [-0.1, -0.05) is 80.6 Å². The van der Waals surface area contributed by atoms with E-state index in [9.17, 15) is 59.4 Å². The van der Waals surface area contributed by atoms with E-state index in [4.69, 9.17) is 37.9 Å². The zero-order valence-corrected chi connectivity index (χ0v) is 43.0. The number of rotatable bonds is 15. The van der Waals surface area contributed by atoms with Crippen molar-refractivity contribution in [2.45, 2.75) is 139 Å². The molecule has 22 heteroatoms. The lowest BCUT2D eigenvalue weighted by Crippen LogP contribution is -2.82. The van der Waals surface area contributed by atoms with Crippen molar-refractivity contribution >= 4 is 41.5 Å². The highest BCUT2D eigenvalue weighted by atomic mass is 16.7. The maximum absolute atomic E-state index is 16.3. The van der Waals surface area contributed by atoms with Crippen LogP contribution in [0.15, 0.2) is 102 Å². The zero-order chi connectivity index (χ0) is 55.9. The maximum atomic E-state index is 16.3. The Balaban J connectivity index is 1.26. The van der Waals surface area contributed by atoms with Gasteiger partial charge in [-0.3, -0.25) is 19.2 Å². The van der Waals surface area contributed by atoms with Crippen LogP contribution in [0.25, 0.3) is 0 Å². The largest absolute Gasteiger partial charge is 0.459 e. The van der Waals surface area contributed by atoms with Crippen LogP contribution in [0, 0.1) is 16.7 Å². The summed E-state index contributed by atoms with van der Waals surface area (Å²) >= 11 is 0. The van der Waals surface area contributed by atoms with E-state index in [1.54, 1.807) is 66.7 Å². The number of aliphatic hydroxyl groups is 6. The van der Waals surface area contributed by atoms with Crippen LogP contribution in [-0.4, -0.2) is 171 Å². The van der Waals surface area contributed by atoms with E-state index in [2.05, 4.69) is 5.32 Å². The van der Waals surface area contributed by atoms with E-state index in [-0.39, 0.29) is 22.3 Å². The molecule has 16 atom stereocenters. The maximum Gasteiger partial charge on any atom is 0.338 e. The summed E-state index contributed by atoms with van der Waals surface area (Å²) in [5.41, 5.74) is -8.35. The van der Waals surface area contributed by atoms with Crippen molar-refractivity contribution in [3.05, 3.63) is 119 Å². The Labute approximate surface area is 442 Å². The molecule has 2 heterocycles. The molecule has 3 aromatic rings. The first-order valence-corrected chi connectivity index (χ1v) is 25.0. The Morgan fingerprint density at radius 3 is 1.97 bits per heavy atom. The summed E-state index contributed by atoms with van der Waals surface area (Å²) in [6.45, 7) is 5.51. The molecule has 3 aliphatic carbocycles. The number of aliphatic hydroxyl groups excluding tert-OH is 5. The highest BCUT2D eigenvalue weighted by molar-refractivity contribution is 5.96. The summed E-state index contributed by atoms with van der Waals surface area (Å²) in [4.78, 5) is 99.9. The van der Waals surface area contributed by atoms with Crippen LogP contribution in [0.1, 0.15) is 86.7 Å². The Morgan fingerprint density at radius 1 is 0.792 bits per heavy atom. The lowest BCUT2D eigenvalue weighted by molar-refractivity contribution is -0.347. The molecule has 5 aliphatic rings. The second-order valence-corrected chi connectivity index (χ2v) is 20.8. The quantitative estimate of drug-likeness (QED) is 0.0637. The van der Waals surface area contributed by atoms with Gasteiger partial charge in [0.25, 0.3) is 5.91 Å². The molecular formula is C55H63NO21. The number of benzene rings is 3. The molecule has 22 nitrogen and oxygen atoms in total. The fourth-order valence-electron chi connectivity index (χ4n) is 11.9. The third-order valence-electron chi connectivity index (χ3n) is 15.9. The molecule has 0 radical (unpaired) electrons. The first-order chi connectivity index (χ1) is 36.4. The summed E-state index contributed by atoms with van der Waals surface area (Å²) in [6, 6.07) is 22.2. The molecule has 77 heavy (non-hydrogen) atoms. The SMILES string of the molecule is CC(=O)O[C@H]1C(=O)[C@]2(C)[C@@H](OC(=O)COC3O[C@H](CO)[C@H](O)[C@H](O)[C@H]3O)C[C@H]3OC[C@@]3(OC(C)=O)[C@H]2[C@H](OC(=O)c2ccccc2)[C@]2(O)C[C@H](OC(=O)[C@H](O)[C@@H](NC(=O)c3ccccc3)c3ccccc3)C(C)=C1C2(C)C. The van der Waals surface area contributed by atoms with Gasteiger partial charge < -0.3 is 73.9 Å². The molecule has 1 amide bonds. The van der Waals surface area contributed by atoms with E-state index in [1.165, 1.54) is 52.0 Å². The number of ether oxygens (including phenoxy) is 8. The van der Waals surface area contributed by atoms with E-state index < -0.39 is 176 Å². The van der Waals surface area contributed by atoms with Gasteiger partial charge >= 0.3 is 29.8 Å². The minimum absolute atomic E-state index is 0.0350. The van der Waals surface area contributed by atoms with Gasteiger partial charge in [0.15, 0.2) is 29.9 Å². The number of Topliss-reactive ketones (excluding diaryl/α,β-unsaturated/α-hetero) is 1. The average molecular weight is 1070 g/mol. The molecule has 2 saturated carbocycles. The molecule has 0 spiro atoms. The average Bonchev–Trinajstić information content (AvgIpc) is 3.56. The van der Waals surface area contributed by atoms with Gasteiger partial charge in [0.1, 0.15) is 61.0 Å². The van der Waals surface area contributed by atoms with Crippen LogP contribution in [-0.2, 0) is 61.9 Å². The molecule has 0 aromatic heterocycles. The predicted octanol–water partition coefficient (Wildman–Crippen LogP) is 1.10. The number of carbonyl (C=O) groups excluding carboxylic acids is 7. The number of esters is 5. The summed E-state index contributed by atoms with van der Waals surface area (Å²) in [7, 11) is 0. The Kier molecular flexibility index (Phi) is 16.3. The number of hydrogen-bond acceptors (Lipinski definition) is 21. The summed E-state index contributed by atoms with van der Waals surface area (Å²) < 4.78 is 47.8. The van der Waals surface area contributed by atoms with Crippen molar-refractivity contribution in [1.82, 2.24) is 5.32 Å². The topological polar surface area (TPSA) is 327 Å². The lowest BCUT2D eigenvalue weighted by Gasteiger charge is -2.67. The molecule has 7 N–H and O–H groups in total. The van der Waals surface area contributed by atoms with Crippen LogP contribution < -0.4 is 5.32 Å². The fraction of sp³-hybridized carbons (Fsp3) is 0.509. The third-order valence-corrected chi connectivity index (χ3v) is 15.9. The molecule has 414 valence electrons. The van der Waals surface area contributed by atoms with Gasteiger partial charge in [0.2, 0.25) is 0 Å². The van der Waals surface area contributed by atoms with Gasteiger partial charge in [-0.25, -0.2) is 14.4 Å². The van der Waals surface area contributed by atoms with Gasteiger partial charge in [-0.05, 0) is 54.8 Å². The van der Waals surface area contributed by atoms with Crippen LogP contribution in [0.2, 0.25) is 0 Å². The van der Waals surface area contributed by atoms with Gasteiger partial charge in [0, 0.05) is 37.7 Å². The Morgan fingerprint density at radius 2 is 1.40 bits per heavy atom. The molecule has 2 bridgehead atoms. The second kappa shape index (κ2) is 22.1. The van der Waals surface area contributed by atoms with Gasteiger partial charge in [-0.15, -0.1) is 0 Å². The lowest BCUT2D eigenvalue weighted by atomic mass is 9.44. The normalized spacial score (nSPS) is 33.9. The molecule has 8 rings (SSSR count). The first kappa shape index (κ1) is 56.7. The summed E-state index contributed by atoms with van der Waals surface area (Å²) in [5.74, 6) is -8.96. The monoisotopic (exact) mass is 1070 g/mol. The van der Waals surface area contributed by atoms with Gasteiger partial charge in [0.05, 0.1) is 36.2 Å². The molecule has 4 fully saturated rings. The molecule has 3 aromatic carbocycles. The number of hydrogen-bond donors (Lipinski definition) is 7. The molecule has 2 aliphatic heterocycles. The molecule has 2 saturated heterocycles.